The highest BCUT2D eigenvalue weighted by atomic mass is 16.5. The third kappa shape index (κ3) is 4.45. The van der Waals surface area contributed by atoms with Crippen molar-refractivity contribution in [3.63, 3.8) is 0 Å². The van der Waals surface area contributed by atoms with E-state index in [0.29, 0.717) is 29.6 Å². The fraction of sp³-hybridized carbons (Fsp3) is 0.333. The number of rotatable bonds is 6. The van der Waals surface area contributed by atoms with Crippen LogP contribution in [0.5, 0.6) is 11.5 Å². The first-order chi connectivity index (χ1) is 11.0. The molecule has 1 aromatic carbocycles. The Balaban J connectivity index is 2.29. The summed E-state index contributed by atoms with van der Waals surface area (Å²) in [5.41, 5.74) is 1.43. The maximum atomic E-state index is 11.7. The largest absolute Gasteiger partial charge is 0.493 e. The first-order valence-corrected chi connectivity index (χ1v) is 7.63. The summed E-state index contributed by atoms with van der Waals surface area (Å²) in [5.74, 6) is 2.24. The second-order valence-electron chi connectivity index (χ2n) is 5.39. The number of H-pyrrole nitrogens is 1. The zero-order valence-corrected chi connectivity index (χ0v) is 13.9. The SMILES string of the molecule is CCOc1cc(/C=C/c2cc(=O)[nH]c(C(C)C)n2)ccc1OC. The van der Waals surface area contributed by atoms with Gasteiger partial charge in [-0.1, -0.05) is 26.0 Å². The Morgan fingerprint density at radius 2 is 2.00 bits per heavy atom. The second kappa shape index (κ2) is 7.63. The van der Waals surface area contributed by atoms with Gasteiger partial charge in [-0.2, -0.15) is 0 Å². The number of methoxy groups -OCH3 is 1. The van der Waals surface area contributed by atoms with Gasteiger partial charge in [0.05, 0.1) is 19.4 Å². The molecular formula is C18H22N2O3. The molecule has 0 aliphatic heterocycles. The van der Waals surface area contributed by atoms with Crippen molar-refractivity contribution in [1.29, 1.82) is 0 Å². The summed E-state index contributed by atoms with van der Waals surface area (Å²) in [6.45, 7) is 6.47. The molecule has 122 valence electrons. The predicted octanol–water partition coefficient (Wildman–Crippen LogP) is 3.47. The van der Waals surface area contributed by atoms with Gasteiger partial charge in [0.1, 0.15) is 5.82 Å². The fourth-order valence-corrected chi connectivity index (χ4v) is 2.10. The summed E-state index contributed by atoms with van der Waals surface area (Å²) in [5, 5.41) is 0. The molecule has 0 unspecified atom stereocenters. The molecule has 0 saturated carbocycles. The van der Waals surface area contributed by atoms with Gasteiger partial charge < -0.3 is 14.5 Å². The third-order valence-corrected chi connectivity index (χ3v) is 3.26. The number of nitrogens with one attached hydrogen (secondary N) is 1. The zero-order valence-electron chi connectivity index (χ0n) is 13.9. The molecule has 2 aromatic rings. The van der Waals surface area contributed by atoms with Crippen LogP contribution < -0.4 is 15.0 Å². The number of nitrogens with zero attached hydrogens (tertiary/aromatic N) is 1. The van der Waals surface area contributed by atoms with Crippen LogP contribution in [0.3, 0.4) is 0 Å². The summed E-state index contributed by atoms with van der Waals surface area (Å²) >= 11 is 0. The highest BCUT2D eigenvalue weighted by Crippen LogP contribution is 2.28. The summed E-state index contributed by atoms with van der Waals surface area (Å²) in [6.07, 6.45) is 3.71. The highest BCUT2D eigenvalue weighted by molar-refractivity contribution is 5.69. The lowest BCUT2D eigenvalue weighted by Crippen LogP contribution is -2.12. The zero-order chi connectivity index (χ0) is 16.8. The van der Waals surface area contributed by atoms with E-state index in [9.17, 15) is 4.79 Å². The van der Waals surface area contributed by atoms with E-state index < -0.39 is 0 Å². The molecule has 0 radical (unpaired) electrons. The van der Waals surface area contributed by atoms with Crippen molar-refractivity contribution < 1.29 is 9.47 Å². The van der Waals surface area contributed by atoms with Gasteiger partial charge in [-0.05, 0) is 30.7 Å². The molecule has 0 aliphatic rings. The van der Waals surface area contributed by atoms with Crippen molar-refractivity contribution in [2.45, 2.75) is 26.7 Å². The standard InChI is InChI=1S/C18H22N2O3/c1-5-23-16-10-13(7-9-15(16)22-4)6-8-14-11-17(21)20-18(19-14)12(2)3/h6-12H,5H2,1-4H3,(H,19,20,21)/b8-6+. The van der Waals surface area contributed by atoms with Crippen LogP contribution in [-0.4, -0.2) is 23.7 Å². The van der Waals surface area contributed by atoms with Crippen LogP contribution in [0, 0.1) is 0 Å². The van der Waals surface area contributed by atoms with Gasteiger partial charge in [-0.15, -0.1) is 0 Å². The monoisotopic (exact) mass is 314 g/mol. The van der Waals surface area contributed by atoms with Gasteiger partial charge in [0, 0.05) is 12.0 Å². The van der Waals surface area contributed by atoms with Gasteiger partial charge in [0.2, 0.25) is 0 Å². The molecular weight excluding hydrogens is 292 g/mol. The lowest BCUT2D eigenvalue weighted by Gasteiger charge is -2.09. The summed E-state index contributed by atoms with van der Waals surface area (Å²) < 4.78 is 10.8. The van der Waals surface area contributed by atoms with E-state index in [1.165, 1.54) is 6.07 Å². The molecule has 0 atom stereocenters. The highest BCUT2D eigenvalue weighted by Gasteiger charge is 2.05. The van der Waals surface area contributed by atoms with E-state index in [4.69, 9.17) is 9.47 Å². The lowest BCUT2D eigenvalue weighted by atomic mass is 10.1. The molecule has 2 rings (SSSR count). The Kier molecular flexibility index (Phi) is 5.57. The van der Waals surface area contributed by atoms with Gasteiger partial charge >= 0.3 is 0 Å². The molecule has 0 saturated heterocycles. The Morgan fingerprint density at radius 3 is 2.65 bits per heavy atom. The van der Waals surface area contributed by atoms with Crippen LogP contribution in [0.2, 0.25) is 0 Å². The molecule has 1 N–H and O–H groups in total. The molecule has 0 amide bonds. The van der Waals surface area contributed by atoms with E-state index in [-0.39, 0.29) is 11.5 Å². The predicted molar refractivity (Wildman–Crippen MR) is 92.0 cm³/mol. The number of aromatic nitrogens is 2. The van der Waals surface area contributed by atoms with Crippen molar-refractivity contribution in [2.75, 3.05) is 13.7 Å². The number of benzene rings is 1. The molecule has 1 aromatic heterocycles. The van der Waals surface area contributed by atoms with Crippen molar-refractivity contribution >= 4 is 12.2 Å². The Labute approximate surface area is 136 Å². The van der Waals surface area contributed by atoms with Gasteiger partial charge in [0.15, 0.2) is 11.5 Å². The number of hydrogen-bond donors (Lipinski definition) is 1. The molecule has 0 spiro atoms. The molecule has 0 bridgehead atoms. The van der Waals surface area contributed by atoms with Crippen LogP contribution in [0.25, 0.3) is 12.2 Å². The van der Waals surface area contributed by atoms with E-state index >= 15 is 0 Å². The van der Waals surface area contributed by atoms with Crippen LogP contribution in [0.1, 0.15) is 43.8 Å². The normalized spacial score (nSPS) is 11.2. The summed E-state index contributed by atoms with van der Waals surface area (Å²) in [7, 11) is 1.61. The van der Waals surface area contributed by atoms with Crippen LogP contribution in [0.4, 0.5) is 0 Å². The van der Waals surface area contributed by atoms with Crippen molar-refractivity contribution in [1.82, 2.24) is 9.97 Å². The van der Waals surface area contributed by atoms with Gasteiger partial charge in [-0.3, -0.25) is 4.79 Å². The Bertz CT molecular complexity index is 748. The Morgan fingerprint density at radius 1 is 1.22 bits per heavy atom. The molecule has 5 heteroatoms. The minimum absolute atomic E-state index is 0.145. The van der Waals surface area contributed by atoms with Crippen LogP contribution >= 0.6 is 0 Å². The van der Waals surface area contributed by atoms with Crippen molar-refractivity contribution in [3.05, 3.63) is 51.7 Å². The Hall–Kier alpha value is -2.56. The van der Waals surface area contributed by atoms with Crippen molar-refractivity contribution in [3.8, 4) is 11.5 Å². The van der Waals surface area contributed by atoms with E-state index in [1.807, 2.05) is 51.1 Å². The minimum Gasteiger partial charge on any atom is -0.493 e. The number of hydrogen-bond acceptors (Lipinski definition) is 4. The first kappa shape index (κ1) is 16.8. The second-order valence-corrected chi connectivity index (χ2v) is 5.39. The summed E-state index contributed by atoms with van der Waals surface area (Å²) in [4.78, 5) is 18.9. The first-order valence-electron chi connectivity index (χ1n) is 7.63. The lowest BCUT2D eigenvalue weighted by molar-refractivity contribution is 0.311. The smallest absolute Gasteiger partial charge is 0.251 e. The van der Waals surface area contributed by atoms with Crippen molar-refractivity contribution in [2.24, 2.45) is 0 Å². The van der Waals surface area contributed by atoms with Crippen LogP contribution in [-0.2, 0) is 0 Å². The summed E-state index contributed by atoms with van der Waals surface area (Å²) in [6, 6.07) is 7.16. The number of ether oxygens (including phenoxy) is 2. The fourth-order valence-electron chi connectivity index (χ4n) is 2.10. The van der Waals surface area contributed by atoms with Crippen LogP contribution in [0.15, 0.2) is 29.1 Å². The number of aromatic amines is 1. The maximum absolute atomic E-state index is 11.7. The van der Waals surface area contributed by atoms with Gasteiger partial charge in [0.25, 0.3) is 5.56 Å². The molecule has 1 heterocycles. The molecule has 5 nitrogen and oxygen atoms in total. The minimum atomic E-state index is -0.145. The van der Waals surface area contributed by atoms with Gasteiger partial charge in [-0.25, -0.2) is 4.98 Å². The quantitative estimate of drug-likeness (QED) is 0.886. The topological polar surface area (TPSA) is 64.2 Å². The third-order valence-electron chi connectivity index (χ3n) is 3.26. The molecule has 0 fully saturated rings. The molecule has 0 aliphatic carbocycles. The van der Waals surface area contributed by atoms with E-state index in [2.05, 4.69) is 9.97 Å². The maximum Gasteiger partial charge on any atom is 0.251 e. The van der Waals surface area contributed by atoms with E-state index in [1.54, 1.807) is 7.11 Å². The average Bonchev–Trinajstić information content (AvgIpc) is 2.53. The molecule has 23 heavy (non-hydrogen) atoms. The average molecular weight is 314 g/mol. The van der Waals surface area contributed by atoms with E-state index in [0.717, 1.165) is 5.56 Å².